The molecule has 5 nitrogen and oxygen atoms in total. The van der Waals surface area contributed by atoms with Crippen LogP contribution in [0.2, 0.25) is 0 Å². The van der Waals surface area contributed by atoms with Gasteiger partial charge in [0.05, 0.1) is 5.52 Å². The molecule has 5 heteroatoms. The highest BCUT2D eigenvalue weighted by atomic mass is 15.2. The molecule has 2 aromatic rings. The summed E-state index contributed by atoms with van der Waals surface area (Å²) >= 11 is 0. The maximum Gasteiger partial charge on any atom is 0.137 e. The molecule has 2 fully saturated rings. The molecule has 104 valence electrons. The predicted molar refractivity (Wildman–Crippen MR) is 80.6 cm³/mol. The van der Waals surface area contributed by atoms with E-state index in [4.69, 9.17) is 5.73 Å². The zero-order valence-electron chi connectivity index (χ0n) is 11.4. The summed E-state index contributed by atoms with van der Waals surface area (Å²) in [5.41, 5.74) is 7.45. The van der Waals surface area contributed by atoms with Crippen molar-refractivity contribution in [3.8, 4) is 0 Å². The number of hydrogen-bond acceptors (Lipinski definition) is 5. The van der Waals surface area contributed by atoms with Crippen LogP contribution in [0, 0.1) is 0 Å². The Morgan fingerprint density at radius 3 is 2.95 bits per heavy atom. The van der Waals surface area contributed by atoms with E-state index >= 15 is 0 Å². The molecule has 1 saturated heterocycles. The molecule has 1 aromatic carbocycles. The monoisotopic (exact) mass is 269 g/mol. The molecule has 4 rings (SSSR count). The normalized spacial score (nSPS) is 23.3. The first-order chi connectivity index (χ1) is 9.79. The van der Waals surface area contributed by atoms with E-state index in [-0.39, 0.29) is 0 Å². The van der Waals surface area contributed by atoms with Crippen molar-refractivity contribution in [2.24, 2.45) is 0 Å². The Morgan fingerprint density at radius 2 is 2.10 bits per heavy atom. The van der Waals surface area contributed by atoms with Gasteiger partial charge in [-0.3, -0.25) is 4.90 Å². The molecule has 0 spiro atoms. The van der Waals surface area contributed by atoms with E-state index in [1.54, 1.807) is 6.33 Å². The molecule has 0 bridgehead atoms. The van der Waals surface area contributed by atoms with Crippen LogP contribution in [0.3, 0.4) is 0 Å². The third kappa shape index (κ3) is 2.18. The van der Waals surface area contributed by atoms with Crippen molar-refractivity contribution < 1.29 is 0 Å². The van der Waals surface area contributed by atoms with E-state index in [2.05, 4.69) is 20.2 Å². The molecule has 0 radical (unpaired) electrons. The number of nitrogen functional groups attached to an aromatic ring is 1. The minimum atomic E-state index is 0.492. The van der Waals surface area contributed by atoms with Gasteiger partial charge in [0.1, 0.15) is 12.1 Å². The van der Waals surface area contributed by atoms with Gasteiger partial charge in [0.25, 0.3) is 0 Å². The molecule has 2 aliphatic rings. The lowest BCUT2D eigenvalue weighted by Crippen LogP contribution is -2.28. The van der Waals surface area contributed by atoms with Gasteiger partial charge < -0.3 is 11.1 Å². The minimum Gasteiger partial charge on any atom is -0.399 e. The van der Waals surface area contributed by atoms with Gasteiger partial charge in [-0.25, -0.2) is 9.97 Å². The van der Waals surface area contributed by atoms with Crippen LogP contribution in [0.4, 0.5) is 11.5 Å². The van der Waals surface area contributed by atoms with Gasteiger partial charge in [0.15, 0.2) is 0 Å². The van der Waals surface area contributed by atoms with Gasteiger partial charge in [-0.2, -0.15) is 0 Å². The summed E-state index contributed by atoms with van der Waals surface area (Å²) < 4.78 is 0. The van der Waals surface area contributed by atoms with Crippen LogP contribution in [-0.2, 0) is 0 Å². The zero-order chi connectivity index (χ0) is 13.5. The van der Waals surface area contributed by atoms with Crippen molar-refractivity contribution >= 4 is 22.4 Å². The first kappa shape index (κ1) is 11.9. The average molecular weight is 269 g/mol. The Hall–Kier alpha value is -1.88. The third-order valence-electron chi connectivity index (χ3n) is 4.28. The minimum absolute atomic E-state index is 0.492. The number of nitrogens with two attached hydrogens (primary N) is 1. The lowest BCUT2D eigenvalue weighted by molar-refractivity contribution is 0.326. The summed E-state index contributed by atoms with van der Waals surface area (Å²) in [5.74, 6) is 0.928. The van der Waals surface area contributed by atoms with Gasteiger partial charge in [-0.1, -0.05) is 0 Å². The maximum absolute atomic E-state index is 5.81. The van der Waals surface area contributed by atoms with Gasteiger partial charge in [-0.05, 0) is 37.5 Å². The largest absolute Gasteiger partial charge is 0.399 e. The van der Waals surface area contributed by atoms with Gasteiger partial charge in [-0.15, -0.1) is 0 Å². The van der Waals surface area contributed by atoms with E-state index in [1.807, 2.05) is 18.2 Å². The third-order valence-corrected chi connectivity index (χ3v) is 4.28. The fraction of sp³-hybridized carbons (Fsp3) is 0.467. The highest BCUT2D eigenvalue weighted by Gasteiger charge is 2.34. The number of nitrogens with zero attached hydrogens (tertiary/aromatic N) is 3. The van der Waals surface area contributed by atoms with Crippen molar-refractivity contribution in [3.63, 3.8) is 0 Å². The number of aromatic nitrogens is 2. The molecule has 1 unspecified atom stereocenters. The second-order valence-electron chi connectivity index (χ2n) is 5.85. The van der Waals surface area contributed by atoms with Gasteiger partial charge >= 0.3 is 0 Å². The highest BCUT2D eigenvalue weighted by molar-refractivity contribution is 5.90. The summed E-state index contributed by atoms with van der Waals surface area (Å²) in [5, 5.41) is 4.63. The lowest BCUT2D eigenvalue weighted by atomic mass is 10.2. The molecule has 1 atom stereocenters. The molecular weight excluding hydrogens is 250 g/mol. The molecule has 2 heterocycles. The number of nitrogens with one attached hydrogen (secondary N) is 1. The van der Waals surface area contributed by atoms with Crippen LogP contribution >= 0.6 is 0 Å². The maximum atomic E-state index is 5.81. The molecule has 0 amide bonds. The van der Waals surface area contributed by atoms with Crippen molar-refractivity contribution in [3.05, 3.63) is 24.5 Å². The topological polar surface area (TPSA) is 67.1 Å². The van der Waals surface area contributed by atoms with Crippen molar-refractivity contribution in [2.45, 2.75) is 31.3 Å². The fourth-order valence-electron chi connectivity index (χ4n) is 3.06. The smallest absolute Gasteiger partial charge is 0.137 e. The summed E-state index contributed by atoms with van der Waals surface area (Å²) in [4.78, 5) is 11.3. The number of likely N-dealkylation sites (tertiary alicyclic amines) is 1. The zero-order valence-corrected chi connectivity index (χ0v) is 11.4. The number of hydrogen-bond donors (Lipinski definition) is 2. The Bertz CT molecular complexity index is 637. The standard InChI is InChI=1S/C15H19N5/c16-10-1-4-13-14(7-10)17-9-18-15(13)19-11-5-6-20(8-11)12-2-3-12/h1,4,7,9,11-12H,2-3,5-6,8,16H2,(H,17,18,19). The molecule has 20 heavy (non-hydrogen) atoms. The van der Waals surface area contributed by atoms with Crippen LogP contribution in [0.25, 0.3) is 10.9 Å². The molecule has 1 aliphatic heterocycles. The van der Waals surface area contributed by atoms with E-state index in [1.165, 1.54) is 25.8 Å². The lowest BCUT2D eigenvalue weighted by Gasteiger charge is -2.17. The van der Waals surface area contributed by atoms with E-state index in [9.17, 15) is 0 Å². The number of benzene rings is 1. The second kappa shape index (κ2) is 4.59. The Kier molecular flexibility index (Phi) is 2.73. The molecule has 3 N–H and O–H groups in total. The van der Waals surface area contributed by atoms with Crippen LogP contribution in [0.1, 0.15) is 19.3 Å². The summed E-state index contributed by atoms with van der Waals surface area (Å²) in [6.07, 6.45) is 5.56. The number of rotatable bonds is 3. The van der Waals surface area contributed by atoms with Crippen LogP contribution in [-0.4, -0.2) is 40.0 Å². The fourth-order valence-corrected chi connectivity index (χ4v) is 3.06. The Balaban J connectivity index is 1.56. The number of anilines is 2. The molecule has 1 aromatic heterocycles. The van der Waals surface area contributed by atoms with Gasteiger partial charge in [0.2, 0.25) is 0 Å². The molecule has 1 aliphatic carbocycles. The van der Waals surface area contributed by atoms with Crippen molar-refractivity contribution in [2.75, 3.05) is 24.1 Å². The highest BCUT2D eigenvalue weighted by Crippen LogP contribution is 2.31. The van der Waals surface area contributed by atoms with E-state index in [0.29, 0.717) is 6.04 Å². The van der Waals surface area contributed by atoms with Crippen molar-refractivity contribution in [1.29, 1.82) is 0 Å². The first-order valence-corrected chi connectivity index (χ1v) is 7.30. The van der Waals surface area contributed by atoms with Crippen molar-refractivity contribution in [1.82, 2.24) is 14.9 Å². The van der Waals surface area contributed by atoms with E-state index < -0.39 is 0 Å². The average Bonchev–Trinajstić information content (AvgIpc) is 3.19. The molecular formula is C15H19N5. The first-order valence-electron chi connectivity index (χ1n) is 7.30. The van der Waals surface area contributed by atoms with E-state index in [0.717, 1.165) is 35.0 Å². The second-order valence-corrected chi connectivity index (χ2v) is 5.85. The SMILES string of the molecule is Nc1ccc2c(NC3CCN(C4CC4)C3)ncnc2c1. The predicted octanol–water partition coefficient (Wildman–Crippen LogP) is 1.86. The van der Waals surface area contributed by atoms with Crippen LogP contribution < -0.4 is 11.1 Å². The van der Waals surface area contributed by atoms with Crippen LogP contribution in [0.5, 0.6) is 0 Å². The summed E-state index contributed by atoms with van der Waals surface area (Å²) in [7, 11) is 0. The Morgan fingerprint density at radius 1 is 1.20 bits per heavy atom. The van der Waals surface area contributed by atoms with Crippen LogP contribution in [0.15, 0.2) is 24.5 Å². The molecule has 1 saturated carbocycles. The van der Waals surface area contributed by atoms with Gasteiger partial charge in [0, 0.05) is 36.2 Å². The Labute approximate surface area is 118 Å². The number of fused-ring (bicyclic) bond motifs is 1. The summed E-state index contributed by atoms with van der Waals surface area (Å²) in [6.45, 7) is 2.34. The summed E-state index contributed by atoms with van der Waals surface area (Å²) in [6, 6.07) is 7.14. The quantitative estimate of drug-likeness (QED) is 0.833.